The average molecular weight is 421 g/mol. The lowest BCUT2D eigenvalue weighted by Crippen LogP contribution is -2.13. The fraction of sp³-hybridized carbons (Fsp3) is 0.552. The van der Waals surface area contributed by atoms with Gasteiger partial charge in [-0.25, -0.2) is 4.79 Å². The Balaban J connectivity index is 1.46. The number of carbonyl (C=O) groups excluding carboxylic acids is 1. The van der Waals surface area contributed by atoms with Crippen LogP contribution in [0, 0.1) is 5.92 Å². The molecule has 2 nitrogen and oxygen atoms in total. The van der Waals surface area contributed by atoms with Gasteiger partial charge < -0.3 is 4.74 Å². The maximum Gasteiger partial charge on any atom is 0.343 e. The predicted octanol–water partition coefficient (Wildman–Crippen LogP) is 8.49. The van der Waals surface area contributed by atoms with E-state index in [0.29, 0.717) is 17.2 Å². The van der Waals surface area contributed by atoms with Gasteiger partial charge in [-0.3, -0.25) is 0 Å². The van der Waals surface area contributed by atoms with E-state index in [1.165, 1.54) is 81.8 Å². The zero-order valence-electron chi connectivity index (χ0n) is 19.6. The van der Waals surface area contributed by atoms with Gasteiger partial charge in [0.1, 0.15) is 5.75 Å². The third kappa shape index (κ3) is 7.52. The van der Waals surface area contributed by atoms with Crippen molar-refractivity contribution in [2.75, 3.05) is 0 Å². The first-order valence-electron chi connectivity index (χ1n) is 12.6. The molecule has 0 unspecified atom stereocenters. The SMILES string of the molecule is CCCCCCCc1ccc(OC(=O)c2ccc(C3CCC(CCC)CC3)cc2)cc1. The van der Waals surface area contributed by atoms with Gasteiger partial charge in [0.15, 0.2) is 0 Å². The monoisotopic (exact) mass is 420 g/mol. The van der Waals surface area contributed by atoms with Gasteiger partial charge in [0.2, 0.25) is 0 Å². The number of carbonyl (C=O) groups is 1. The first kappa shape index (κ1) is 23.6. The average Bonchev–Trinajstić information content (AvgIpc) is 2.81. The van der Waals surface area contributed by atoms with E-state index in [9.17, 15) is 4.79 Å². The Bertz CT molecular complexity index is 767. The van der Waals surface area contributed by atoms with Crippen LogP contribution in [0.1, 0.15) is 112 Å². The molecule has 1 aliphatic carbocycles. The summed E-state index contributed by atoms with van der Waals surface area (Å²) < 4.78 is 5.60. The minimum Gasteiger partial charge on any atom is -0.423 e. The molecular weight excluding hydrogens is 380 g/mol. The molecule has 31 heavy (non-hydrogen) atoms. The minimum atomic E-state index is -0.273. The number of benzene rings is 2. The van der Waals surface area contributed by atoms with Gasteiger partial charge in [0.25, 0.3) is 0 Å². The van der Waals surface area contributed by atoms with Gasteiger partial charge in [0.05, 0.1) is 5.56 Å². The van der Waals surface area contributed by atoms with Crippen LogP contribution in [-0.4, -0.2) is 5.97 Å². The van der Waals surface area contributed by atoms with Crippen LogP contribution >= 0.6 is 0 Å². The Morgan fingerprint density at radius 3 is 2.13 bits per heavy atom. The summed E-state index contributed by atoms with van der Waals surface area (Å²) in [6, 6.07) is 16.1. The van der Waals surface area contributed by atoms with Crippen molar-refractivity contribution in [3.8, 4) is 5.75 Å². The van der Waals surface area contributed by atoms with E-state index >= 15 is 0 Å². The molecule has 1 fully saturated rings. The van der Waals surface area contributed by atoms with Gasteiger partial charge in [-0.2, -0.15) is 0 Å². The van der Waals surface area contributed by atoms with Crippen molar-refractivity contribution in [1.29, 1.82) is 0 Å². The predicted molar refractivity (Wildman–Crippen MR) is 130 cm³/mol. The van der Waals surface area contributed by atoms with E-state index in [4.69, 9.17) is 4.74 Å². The largest absolute Gasteiger partial charge is 0.423 e. The summed E-state index contributed by atoms with van der Waals surface area (Å²) in [5.41, 5.74) is 3.31. The second-order valence-electron chi connectivity index (χ2n) is 9.33. The smallest absolute Gasteiger partial charge is 0.343 e. The molecule has 1 aliphatic rings. The molecule has 168 valence electrons. The highest BCUT2D eigenvalue weighted by Crippen LogP contribution is 2.37. The number of rotatable bonds is 11. The molecule has 2 heteroatoms. The molecular formula is C29H40O2. The molecule has 0 atom stereocenters. The van der Waals surface area contributed by atoms with Crippen molar-refractivity contribution in [2.24, 2.45) is 5.92 Å². The normalized spacial score (nSPS) is 18.6. The third-order valence-electron chi connectivity index (χ3n) is 6.86. The lowest BCUT2D eigenvalue weighted by molar-refractivity contribution is 0.0734. The summed E-state index contributed by atoms with van der Waals surface area (Å²) in [6.07, 6.45) is 15.5. The maximum atomic E-state index is 12.6. The molecule has 2 aromatic carbocycles. The zero-order valence-corrected chi connectivity index (χ0v) is 19.6. The molecule has 0 N–H and O–H groups in total. The van der Waals surface area contributed by atoms with E-state index in [1.807, 2.05) is 24.3 Å². The van der Waals surface area contributed by atoms with Crippen LogP contribution < -0.4 is 4.74 Å². The first-order valence-corrected chi connectivity index (χ1v) is 12.6. The van der Waals surface area contributed by atoms with Crippen LogP contribution in [0.3, 0.4) is 0 Å². The zero-order chi connectivity index (χ0) is 21.9. The van der Waals surface area contributed by atoms with Crippen molar-refractivity contribution in [3.05, 3.63) is 65.2 Å². The van der Waals surface area contributed by atoms with Crippen LogP contribution in [0.4, 0.5) is 0 Å². The van der Waals surface area contributed by atoms with E-state index in [2.05, 4.69) is 38.1 Å². The van der Waals surface area contributed by atoms with Crippen LogP contribution in [0.5, 0.6) is 5.75 Å². The van der Waals surface area contributed by atoms with E-state index in [-0.39, 0.29) is 5.97 Å². The minimum absolute atomic E-state index is 0.273. The summed E-state index contributed by atoms with van der Waals surface area (Å²) in [6.45, 7) is 4.53. The van der Waals surface area contributed by atoms with E-state index in [0.717, 1.165) is 12.3 Å². The van der Waals surface area contributed by atoms with Gasteiger partial charge in [-0.1, -0.05) is 76.6 Å². The van der Waals surface area contributed by atoms with E-state index in [1.54, 1.807) is 0 Å². The van der Waals surface area contributed by atoms with Crippen molar-refractivity contribution in [1.82, 2.24) is 0 Å². The topological polar surface area (TPSA) is 26.3 Å². The van der Waals surface area contributed by atoms with Gasteiger partial charge in [-0.05, 0) is 85.8 Å². The molecule has 0 aliphatic heterocycles. The highest BCUT2D eigenvalue weighted by molar-refractivity contribution is 5.91. The molecule has 1 saturated carbocycles. The highest BCUT2D eigenvalue weighted by Gasteiger charge is 2.22. The van der Waals surface area contributed by atoms with Crippen LogP contribution in [-0.2, 0) is 6.42 Å². The molecule has 0 aromatic heterocycles. The summed E-state index contributed by atoms with van der Waals surface area (Å²) in [7, 11) is 0. The van der Waals surface area contributed by atoms with Crippen molar-refractivity contribution < 1.29 is 9.53 Å². The number of aryl methyl sites for hydroxylation is 1. The quantitative estimate of drug-likeness (QED) is 0.207. The van der Waals surface area contributed by atoms with Crippen LogP contribution in [0.15, 0.2) is 48.5 Å². The fourth-order valence-corrected chi connectivity index (χ4v) is 4.91. The number of esters is 1. The standard InChI is InChI=1S/C29H40O2/c1-3-5-6-7-8-10-24-13-21-28(22-14-24)31-29(30)27-19-17-26(18-20-27)25-15-11-23(9-4-2)12-16-25/h13-14,17-23,25H,3-12,15-16H2,1-2H3. The number of unbranched alkanes of at least 4 members (excludes halogenated alkanes) is 4. The Hall–Kier alpha value is -2.09. The van der Waals surface area contributed by atoms with Crippen molar-refractivity contribution in [3.63, 3.8) is 0 Å². The summed E-state index contributed by atoms with van der Waals surface area (Å²) >= 11 is 0. The second kappa shape index (κ2) is 12.7. The van der Waals surface area contributed by atoms with Gasteiger partial charge in [0, 0.05) is 0 Å². The van der Waals surface area contributed by atoms with Gasteiger partial charge >= 0.3 is 5.97 Å². The molecule has 0 bridgehead atoms. The van der Waals surface area contributed by atoms with Gasteiger partial charge in [-0.15, -0.1) is 0 Å². The highest BCUT2D eigenvalue weighted by atomic mass is 16.5. The molecule has 2 aromatic rings. The Morgan fingerprint density at radius 1 is 0.806 bits per heavy atom. The maximum absolute atomic E-state index is 12.6. The molecule has 0 radical (unpaired) electrons. The third-order valence-corrected chi connectivity index (χ3v) is 6.86. The Labute approximate surface area is 189 Å². The van der Waals surface area contributed by atoms with Crippen molar-refractivity contribution >= 4 is 5.97 Å². The number of hydrogen-bond donors (Lipinski definition) is 0. The molecule has 3 rings (SSSR count). The molecule has 0 heterocycles. The molecule has 0 amide bonds. The lowest BCUT2D eigenvalue weighted by Gasteiger charge is -2.28. The van der Waals surface area contributed by atoms with Crippen LogP contribution in [0.25, 0.3) is 0 Å². The summed E-state index contributed by atoms with van der Waals surface area (Å²) in [4.78, 5) is 12.6. The lowest BCUT2D eigenvalue weighted by atomic mass is 9.77. The Morgan fingerprint density at radius 2 is 1.48 bits per heavy atom. The first-order chi connectivity index (χ1) is 15.2. The number of hydrogen-bond acceptors (Lipinski definition) is 2. The fourth-order valence-electron chi connectivity index (χ4n) is 4.91. The second-order valence-corrected chi connectivity index (χ2v) is 9.33. The molecule has 0 saturated heterocycles. The summed E-state index contributed by atoms with van der Waals surface area (Å²) in [5, 5.41) is 0. The number of ether oxygens (including phenoxy) is 1. The molecule has 0 spiro atoms. The Kier molecular flexibility index (Phi) is 9.65. The van der Waals surface area contributed by atoms with E-state index < -0.39 is 0 Å². The summed E-state index contributed by atoms with van der Waals surface area (Å²) in [5.74, 6) is 1.92. The van der Waals surface area contributed by atoms with Crippen LogP contribution in [0.2, 0.25) is 0 Å². The van der Waals surface area contributed by atoms with Crippen molar-refractivity contribution in [2.45, 2.75) is 96.8 Å².